The normalized spacial score (nSPS) is 16.8. The number of para-hydroxylation sites is 1. The maximum Gasteiger partial charge on any atom is 0.0642 e. The number of hydrogen-bond donors (Lipinski definition) is 1. The fourth-order valence-corrected chi connectivity index (χ4v) is 3.27. The molecule has 0 heterocycles. The van der Waals surface area contributed by atoms with Crippen LogP contribution in [0.15, 0.2) is 18.2 Å². The second kappa shape index (κ2) is 6.44. The average molecular weight is 267 g/mol. The number of benzene rings is 1. The van der Waals surface area contributed by atoms with Crippen LogP contribution in [0, 0.1) is 0 Å². The molecule has 0 saturated heterocycles. The van der Waals surface area contributed by atoms with Gasteiger partial charge in [0.2, 0.25) is 0 Å². The van der Waals surface area contributed by atoms with E-state index in [0.717, 1.165) is 11.6 Å². The van der Waals surface area contributed by atoms with Gasteiger partial charge in [0.15, 0.2) is 0 Å². The summed E-state index contributed by atoms with van der Waals surface area (Å²) < 4.78 is 0. The SMILES string of the molecule is CNCc1cccc(Cl)c1N(C)C1CCCCC1. The molecule has 1 aliphatic carbocycles. The van der Waals surface area contributed by atoms with Crippen LogP contribution in [0.1, 0.15) is 37.7 Å². The molecule has 0 bridgehead atoms. The van der Waals surface area contributed by atoms with Crippen molar-refractivity contribution in [1.29, 1.82) is 0 Å². The fraction of sp³-hybridized carbons (Fsp3) is 0.600. The summed E-state index contributed by atoms with van der Waals surface area (Å²) in [7, 11) is 4.17. The largest absolute Gasteiger partial charge is 0.370 e. The molecule has 2 rings (SSSR count). The molecule has 3 heteroatoms. The van der Waals surface area contributed by atoms with Crippen molar-refractivity contribution in [3.05, 3.63) is 28.8 Å². The maximum absolute atomic E-state index is 6.41. The first-order chi connectivity index (χ1) is 8.74. The van der Waals surface area contributed by atoms with Crippen LogP contribution in [0.3, 0.4) is 0 Å². The van der Waals surface area contributed by atoms with Gasteiger partial charge >= 0.3 is 0 Å². The molecule has 0 spiro atoms. The molecule has 1 N–H and O–H groups in total. The van der Waals surface area contributed by atoms with Crippen molar-refractivity contribution in [2.75, 3.05) is 19.0 Å². The molecule has 1 aliphatic rings. The molecule has 1 aromatic rings. The van der Waals surface area contributed by atoms with Crippen LogP contribution >= 0.6 is 11.6 Å². The Hall–Kier alpha value is -0.730. The van der Waals surface area contributed by atoms with E-state index < -0.39 is 0 Å². The summed E-state index contributed by atoms with van der Waals surface area (Å²) in [5, 5.41) is 4.10. The van der Waals surface area contributed by atoms with Gasteiger partial charge in [0.25, 0.3) is 0 Å². The van der Waals surface area contributed by atoms with Crippen molar-refractivity contribution in [3.63, 3.8) is 0 Å². The van der Waals surface area contributed by atoms with Crippen LogP contribution in [0.25, 0.3) is 0 Å². The average Bonchev–Trinajstić information content (AvgIpc) is 2.40. The molecule has 1 fully saturated rings. The standard InChI is InChI=1S/C15H23ClN2/c1-17-11-12-7-6-10-14(16)15(12)18(2)13-8-4-3-5-9-13/h6-7,10,13,17H,3-5,8-9,11H2,1-2H3. The van der Waals surface area contributed by atoms with Crippen molar-refractivity contribution in [3.8, 4) is 0 Å². The van der Waals surface area contributed by atoms with E-state index in [1.54, 1.807) is 0 Å². The molecule has 0 aromatic heterocycles. The van der Waals surface area contributed by atoms with Gasteiger partial charge in [0.1, 0.15) is 0 Å². The molecule has 1 saturated carbocycles. The van der Waals surface area contributed by atoms with Gasteiger partial charge in [-0.1, -0.05) is 43.0 Å². The molecule has 0 unspecified atom stereocenters. The van der Waals surface area contributed by atoms with Gasteiger partial charge in [-0.25, -0.2) is 0 Å². The van der Waals surface area contributed by atoms with Gasteiger partial charge in [0.05, 0.1) is 10.7 Å². The Morgan fingerprint density at radius 1 is 1.28 bits per heavy atom. The summed E-state index contributed by atoms with van der Waals surface area (Å²) in [6, 6.07) is 6.84. The summed E-state index contributed by atoms with van der Waals surface area (Å²) in [5.41, 5.74) is 2.50. The third kappa shape index (κ3) is 2.99. The van der Waals surface area contributed by atoms with Gasteiger partial charge in [0, 0.05) is 19.6 Å². The van der Waals surface area contributed by atoms with Crippen LogP contribution < -0.4 is 10.2 Å². The Kier molecular flexibility index (Phi) is 4.90. The summed E-state index contributed by atoms with van der Waals surface area (Å²) in [5.74, 6) is 0. The summed E-state index contributed by atoms with van der Waals surface area (Å²) in [6.07, 6.45) is 6.67. The highest BCUT2D eigenvalue weighted by Gasteiger charge is 2.21. The van der Waals surface area contributed by atoms with E-state index in [0.29, 0.717) is 6.04 Å². The van der Waals surface area contributed by atoms with E-state index in [1.165, 1.54) is 43.4 Å². The van der Waals surface area contributed by atoms with Crippen LogP contribution in [-0.2, 0) is 6.54 Å². The number of nitrogens with zero attached hydrogens (tertiary/aromatic N) is 1. The molecular weight excluding hydrogens is 244 g/mol. The minimum absolute atomic E-state index is 0.647. The predicted octanol–water partition coefficient (Wildman–Crippen LogP) is 3.83. The summed E-state index contributed by atoms with van der Waals surface area (Å²) in [4.78, 5) is 2.40. The second-order valence-corrected chi connectivity index (χ2v) is 5.59. The van der Waals surface area contributed by atoms with Crippen LogP contribution in [0.4, 0.5) is 5.69 Å². The predicted molar refractivity (Wildman–Crippen MR) is 79.5 cm³/mol. The Bertz CT molecular complexity index is 386. The van der Waals surface area contributed by atoms with Crippen molar-refractivity contribution in [2.45, 2.75) is 44.7 Å². The smallest absolute Gasteiger partial charge is 0.0642 e. The molecule has 100 valence electrons. The third-order valence-corrected chi connectivity index (χ3v) is 4.22. The third-order valence-electron chi connectivity index (χ3n) is 3.91. The summed E-state index contributed by atoms with van der Waals surface area (Å²) in [6.45, 7) is 0.868. The topological polar surface area (TPSA) is 15.3 Å². The minimum atomic E-state index is 0.647. The van der Waals surface area contributed by atoms with E-state index >= 15 is 0 Å². The van der Waals surface area contributed by atoms with E-state index in [9.17, 15) is 0 Å². The van der Waals surface area contributed by atoms with Crippen LogP contribution in [0.5, 0.6) is 0 Å². The molecule has 0 atom stereocenters. The van der Waals surface area contributed by atoms with E-state index in [-0.39, 0.29) is 0 Å². The Morgan fingerprint density at radius 3 is 2.67 bits per heavy atom. The van der Waals surface area contributed by atoms with Gasteiger partial charge in [-0.15, -0.1) is 0 Å². The quantitative estimate of drug-likeness (QED) is 0.891. The first-order valence-electron chi connectivity index (χ1n) is 6.89. The van der Waals surface area contributed by atoms with Crippen molar-refractivity contribution in [1.82, 2.24) is 5.32 Å². The van der Waals surface area contributed by atoms with Gasteiger partial charge < -0.3 is 10.2 Å². The van der Waals surface area contributed by atoms with Gasteiger partial charge in [-0.2, -0.15) is 0 Å². The number of halogens is 1. The lowest BCUT2D eigenvalue weighted by Crippen LogP contribution is -2.34. The van der Waals surface area contributed by atoms with Gasteiger partial charge in [-0.3, -0.25) is 0 Å². The molecule has 0 radical (unpaired) electrons. The maximum atomic E-state index is 6.41. The van der Waals surface area contributed by atoms with Crippen molar-refractivity contribution in [2.24, 2.45) is 0 Å². The molecule has 2 nitrogen and oxygen atoms in total. The van der Waals surface area contributed by atoms with Crippen molar-refractivity contribution >= 4 is 17.3 Å². The zero-order valence-corrected chi connectivity index (χ0v) is 12.1. The van der Waals surface area contributed by atoms with Crippen molar-refractivity contribution < 1.29 is 0 Å². The fourth-order valence-electron chi connectivity index (χ4n) is 2.94. The molecule has 0 aliphatic heterocycles. The zero-order chi connectivity index (χ0) is 13.0. The lowest BCUT2D eigenvalue weighted by Gasteiger charge is -2.34. The van der Waals surface area contributed by atoms with E-state index in [4.69, 9.17) is 11.6 Å². The summed E-state index contributed by atoms with van der Waals surface area (Å²) >= 11 is 6.41. The Morgan fingerprint density at radius 2 is 2.00 bits per heavy atom. The molecule has 1 aromatic carbocycles. The lowest BCUT2D eigenvalue weighted by molar-refractivity contribution is 0.427. The van der Waals surface area contributed by atoms with E-state index in [2.05, 4.69) is 23.3 Å². The Balaban J connectivity index is 2.24. The number of rotatable bonds is 4. The highest BCUT2D eigenvalue weighted by Crippen LogP contribution is 2.33. The minimum Gasteiger partial charge on any atom is -0.370 e. The van der Waals surface area contributed by atoms with E-state index in [1.807, 2.05) is 19.2 Å². The number of nitrogens with one attached hydrogen (secondary N) is 1. The molecule has 0 amide bonds. The number of hydrogen-bond acceptors (Lipinski definition) is 2. The Labute approximate surface area is 115 Å². The molecule has 18 heavy (non-hydrogen) atoms. The second-order valence-electron chi connectivity index (χ2n) is 5.18. The first-order valence-corrected chi connectivity index (χ1v) is 7.26. The zero-order valence-electron chi connectivity index (χ0n) is 11.4. The highest BCUT2D eigenvalue weighted by molar-refractivity contribution is 6.33. The molecular formula is C15H23ClN2. The number of anilines is 1. The first kappa shape index (κ1) is 13.7. The highest BCUT2D eigenvalue weighted by atomic mass is 35.5. The lowest BCUT2D eigenvalue weighted by atomic mass is 9.93. The van der Waals surface area contributed by atoms with Crippen LogP contribution in [-0.4, -0.2) is 20.1 Å². The monoisotopic (exact) mass is 266 g/mol. The van der Waals surface area contributed by atoms with Crippen LogP contribution in [0.2, 0.25) is 5.02 Å². The van der Waals surface area contributed by atoms with Gasteiger partial charge in [-0.05, 0) is 31.5 Å².